The number of rotatable bonds is 3. The van der Waals surface area contributed by atoms with Crippen molar-refractivity contribution < 1.29 is 18.8 Å². The first-order valence-corrected chi connectivity index (χ1v) is 9.31. The first-order valence-electron chi connectivity index (χ1n) is 9.31. The van der Waals surface area contributed by atoms with Crippen molar-refractivity contribution in [3.63, 3.8) is 0 Å². The Labute approximate surface area is 163 Å². The first-order chi connectivity index (χ1) is 12.4. The molecule has 1 aliphatic heterocycles. The van der Waals surface area contributed by atoms with Gasteiger partial charge in [-0.3, -0.25) is 0 Å². The topological polar surface area (TPSA) is 56.8 Å². The van der Waals surface area contributed by atoms with E-state index in [9.17, 15) is 4.79 Å². The average molecular weight is 371 g/mol. The summed E-state index contributed by atoms with van der Waals surface area (Å²) in [5.74, 6) is 6.19. The van der Waals surface area contributed by atoms with Crippen molar-refractivity contribution in [2.24, 2.45) is 0 Å². The lowest BCUT2D eigenvalue weighted by atomic mass is 9.78. The number of nitrogens with one attached hydrogen (secondary N) is 1. The number of amides is 1. The van der Waals surface area contributed by atoms with Gasteiger partial charge in [0.2, 0.25) is 0 Å². The van der Waals surface area contributed by atoms with Crippen LogP contribution in [0.1, 0.15) is 60.5 Å². The van der Waals surface area contributed by atoms with Crippen LogP contribution in [-0.2, 0) is 14.0 Å². The van der Waals surface area contributed by atoms with Crippen molar-refractivity contribution in [1.82, 2.24) is 5.32 Å². The molecule has 146 valence electrons. The molecule has 0 spiro atoms. The van der Waals surface area contributed by atoms with Crippen LogP contribution in [0, 0.1) is 11.8 Å². The van der Waals surface area contributed by atoms with Gasteiger partial charge < -0.3 is 19.4 Å². The molecule has 0 atom stereocenters. The zero-order valence-corrected chi connectivity index (χ0v) is 17.4. The average Bonchev–Trinajstić information content (AvgIpc) is 2.74. The molecule has 0 radical (unpaired) electrons. The van der Waals surface area contributed by atoms with Gasteiger partial charge >= 0.3 is 13.2 Å². The van der Waals surface area contributed by atoms with Gasteiger partial charge in [0.15, 0.2) is 0 Å². The molecule has 6 heteroatoms. The molecule has 0 aliphatic carbocycles. The Morgan fingerprint density at radius 2 is 1.81 bits per heavy atom. The lowest BCUT2D eigenvalue weighted by Crippen LogP contribution is -2.41. The Kier molecular flexibility index (Phi) is 6.29. The second-order valence-electron chi connectivity index (χ2n) is 8.69. The van der Waals surface area contributed by atoms with Crippen LogP contribution in [0.25, 0.3) is 0 Å². The van der Waals surface area contributed by atoms with E-state index in [4.69, 9.17) is 14.0 Å². The number of hydrogen-bond donors (Lipinski definition) is 1. The molecule has 0 bridgehead atoms. The molecule has 27 heavy (non-hydrogen) atoms. The summed E-state index contributed by atoms with van der Waals surface area (Å²) >= 11 is 0. The van der Waals surface area contributed by atoms with Crippen LogP contribution < -0.4 is 10.8 Å². The van der Waals surface area contributed by atoms with Crippen LogP contribution in [0.2, 0.25) is 0 Å². The van der Waals surface area contributed by atoms with Crippen molar-refractivity contribution in [2.45, 2.75) is 71.7 Å². The van der Waals surface area contributed by atoms with E-state index in [1.54, 1.807) is 0 Å². The highest BCUT2D eigenvalue weighted by atomic mass is 16.7. The second kappa shape index (κ2) is 7.96. The maximum Gasteiger partial charge on any atom is 0.494 e. The third kappa shape index (κ3) is 6.02. The van der Waals surface area contributed by atoms with E-state index in [-0.39, 0.29) is 11.2 Å². The van der Waals surface area contributed by atoms with E-state index < -0.39 is 18.8 Å². The van der Waals surface area contributed by atoms with Gasteiger partial charge in [-0.05, 0) is 66.1 Å². The molecule has 1 N–H and O–H groups in total. The van der Waals surface area contributed by atoms with E-state index in [1.807, 2.05) is 72.7 Å². The highest BCUT2D eigenvalue weighted by Gasteiger charge is 2.51. The highest BCUT2D eigenvalue weighted by Crippen LogP contribution is 2.36. The quantitative estimate of drug-likeness (QED) is 0.504. The largest absolute Gasteiger partial charge is 0.494 e. The maximum absolute atomic E-state index is 11.6. The highest BCUT2D eigenvalue weighted by molar-refractivity contribution is 6.62. The zero-order valence-electron chi connectivity index (χ0n) is 17.4. The molecule has 0 unspecified atom stereocenters. The Hall–Kier alpha value is -1.97. The minimum absolute atomic E-state index is 0.368. The molecule has 1 saturated heterocycles. The summed E-state index contributed by atoms with van der Waals surface area (Å²) in [7, 11) is -0.398. The van der Waals surface area contributed by atoms with E-state index >= 15 is 0 Å². The van der Waals surface area contributed by atoms with Gasteiger partial charge in [-0.1, -0.05) is 24.0 Å². The summed E-state index contributed by atoms with van der Waals surface area (Å²) in [5, 5.41) is 2.70. The predicted molar refractivity (Wildman–Crippen MR) is 108 cm³/mol. The summed E-state index contributed by atoms with van der Waals surface area (Å²) < 4.78 is 17.3. The molecule has 1 aromatic rings. The number of alkyl carbamates (subject to hydrolysis) is 1. The Morgan fingerprint density at radius 1 is 1.19 bits per heavy atom. The standard InChI is InChI=1S/C21H30BNO4/c1-19(2,3)25-18(24)23-14-9-8-11-16-12-10-13-17(15-16)22-26-20(4,5)21(6,7)27-22/h10,12-13,15H,9,14H2,1-7H3,(H,23,24). The van der Waals surface area contributed by atoms with Crippen molar-refractivity contribution in [3.8, 4) is 11.8 Å². The molecule has 2 rings (SSSR count). The van der Waals surface area contributed by atoms with E-state index in [0.717, 1.165) is 11.0 Å². The molecular weight excluding hydrogens is 341 g/mol. The van der Waals surface area contributed by atoms with Crippen molar-refractivity contribution in [2.75, 3.05) is 6.54 Å². The molecule has 1 fully saturated rings. The molecule has 5 nitrogen and oxygen atoms in total. The monoisotopic (exact) mass is 371 g/mol. The molecule has 1 amide bonds. The van der Waals surface area contributed by atoms with E-state index in [0.29, 0.717) is 13.0 Å². The van der Waals surface area contributed by atoms with Crippen LogP contribution >= 0.6 is 0 Å². The number of benzene rings is 1. The van der Waals surface area contributed by atoms with Crippen molar-refractivity contribution in [3.05, 3.63) is 29.8 Å². The van der Waals surface area contributed by atoms with Crippen LogP contribution in [0.3, 0.4) is 0 Å². The molecule has 1 heterocycles. The summed E-state index contributed by atoms with van der Waals surface area (Å²) in [5.41, 5.74) is 0.607. The summed E-state index contributed by atoms with van der Waals surface area (Å²) in [4.78, 5) is 11.6. The SMILES string of the molecule is CC(C)(C)OC(=O)NCCC#Cc1cccc(B2OC(C)(C)C(C)(C)O2)c1. The molecule has 0 saturated carbocycles. The van der Waals surface area contributed by atoms with Crippen LogP contribution in [0.4, 0.5) is 4.79 Å². The van der Waals surface area contributed by atoms with Gasteiger partial charge in [-0.15, -0.1) is 0 Å². The first kappa shape index (κ1) is 21.3. The minimum Gasteiger partial charge on any atom is -0.444 e. The molecular formula is C21H30BNO4. The predicted octanol–water partition coefficient (Wildman–Crippen LogP) is 3.25. The maximum atomic E-state index is 11.6. The lowest BCUT2D eigenvalue weighted by molar-refractivity contribution is 0.00578. The number of carbonyl (C=O) groups excluding carboxylic acids is 1. The van der Waals surface area contributed by atoms with E-state index in [2.05, 4.69) is 17.2 Å². The Balaban J connectivity index is 1.90. The van der Waals surface area contributed by atoms with Crippen LogP contribution in [-0.4, -0.2) is 36.6 Å². The van der Waals surface area contributed by atoms with Gasteiger partial charge in [-0.2, -0.15) is 0 Å². The minimum atomic E-state index is -0.496. The Bertz CT molecular complexity index is 725. The summed E-state index contributed by atoms with van der Waals surface area (Å²) in [6.45, 7) is 14.1. The lowest BCUT2D eigenvalue weighted by Gasteiger charge is -2.32. The third-order valence-electron chi connectivity index (χ3n) is 4.56. The molecule has 0 aromatic heterocycles. The van der Waals surface area contributed by atoms with Crippen molar-refractivity contribution >= 4 is 18.7 Å². The van der Waals surface area contributed by atoms with Crippen molar-refractivity contribution in [1.29, 1.82) is 0 Å². The van der Waals surface area contributed by atoms with Gasteiger partial charge in [0.1, 0.15) is 5.60 Å². The summed E-state index contributed by atoms with van der Waals surface area (Å²) in [6, 6.07) is 7.86. The Morgan fingerprint density at radius 3 is 2.41 bits per heavy atom. The number of carbonyl (C=O) groups is 1. The van der Waals surface area contributed by atoms with Crippen LogP contribution in [0.5, 0.6) is 0 Å². The smallest absolute Gasteiger partial charge is 0.444 e. The van der Waals surface area contributed by atoms with Gasteiger partial charge in [0, 0.05) is 18.5 Å². The van der Waals surface area contributed by atoms with E-state index in [1.165, 1.54) is 0 Å². The normalized spacial score (nSPS) is 17.8. The number of hydrogen-bond acceptors (Lipinski definition) is 4. The van der Waals surface area contributed by atoms with Gasteiger partial charge in [-0.25, -0.2) is 4.79 Å². The zero-order chi connectivity index (χ0) is 20.3. The second-order valence-corrected chi connectivity index (χ2v) is 8.69. The molecule has 1 aliphatic rings. The molecule has 1 aromatic carbocycles. The number of ether oxygens (including phenoxy) is 1. The fourth-order valence-electron chi connectivity index (χ4n) is 2.45. The van der Waals surface area contributed by atoms with Gasteiger partial charge in [0.25, 0.3) is 0 Å². The third-order valence-corrected chi connectivity index (χ3v) is 4.56. The van der Waals surface area contributed by atoms with Gasteiger partial charge in [0.05, 0.1) is 11.2 Å². The fraction of sp³-hybridized carbons (Fsp3) is 0.571. The van der Waals surface area contributed by atoms with Crippen LogP contribution in [0.15, 0.2) is 24.3 Å². The summed E-state index contributed by atoms with van der Waals surface area (Å²) in [6.07, 6.45) is 0.118. The fourth-order valence-corrected chi connectivity index (χ4v) is 2.45.